The third-order valence-corrected chi connectivity index (χ3v) is 8.20. The van der Waals surface area contributed by atoms with Gasteiger partial charge in [-0.2, -0.15) is 0 Å². The Labute approximate surface area is 143 Å². The molecule has 4 aliphatic rings. The van der Waals surface area contributed by atoms with Gasteiger partial charge in [-0.3, -0.25) is 4.79 Å². The van der Waals surface area contributed by atoms with Crippen molar-refractivity contribution < 1.29 is 19.4 Å². The number of aliphatic carboxylic acids is 1. The van der Waals surface area contributed by atoms with Gasteiger partial charge in [-0.05, 0) is 69.1 Å². The van der Waals surface area contributed by atoms with Crippen molar-refractivity contribution >= 4 is 11.9 Å². The molecule has 0 aromatic heterocycles. The van der Waals surface area contributed by atoms with Gasteiger partial charge >= 0.3 is 11.9 Å². The molecule has 2 bridgehead atoms. The van der Waals surface area contributed by atoms with E-state index >= 15 is 0 Å². The second kappa shape index (κ2) is 4.86. The molecule has 0 aromatic carbocycles. The van der Waals surface area contributed by atoms with Crippen molar-refractivity contribution in [3.8, 4) is 0 Å². The van der Waals surface area contributed by atoms with E-state index in [0.29, 0.717) is 5.57 Å². The molecule has 3 aliphatic carbocycles. The minimum atomic E-state index is -0.655. The van der Waals surface area contributed by atoms with Gasteiger partial charge in [0.1, 0.15) is 5.60 Å². The summed E-state index contributed by atoms with van der Waals surface area (Å²) in [6, 6.07) is 0. The van der Waals surface area contributed by atoms with E-state index in [9.17, 15) is 14.7 Å². The molecule has 0 amide bonds. The first-order chi connectivity index (χ1) is 11.2. The molecule has 4 heteroatoms. The summed E-state index contributed by atoms with van der Waals surface area (Å²) in [4.78, 5) is 24.4. The van der Waals surface area contributed by atoms with Gasteiger partial charge in [0, 0.05) is 11.5 Å². The topological polar surface area (TPSA) is 63.6 Å². The molecule has 24 heavy (non-hydrogen) atoms. The van der Waals surface area contributed by atoms with E-state index in [0.717, 1.165) is 51.4 Å². The monoisotopic (exact) mass is 332 g/mol. The number of hydrogen-bond donors (Lipinski definition) is 1. The Morgan fingerprint density at radius 2 is 1.92 bits per heavy atom. The first-order valence-electron chi connectivity index (χ1n) is 9.38. The molecular formula is C20H28O4. The maximum atomic E-state index is 12.3. The lowest BCUT2D eigenvalue weighted by Crippen LogP contribution is -2.64. The van der Waals surface area contributed by atoms with Crippen LogP contribution in [0, 0.1) is 28.6 Å². The average Bonchev–Trinajstić information content (AvgIpc) is 2.52. The quantitative estimate of drug-likeness (QED) is 0.583. The lowest BCUT2D eigenvalue weighted by molar-refractivity contribution is -0.229. The van der Waals surface area contributed by atoms with E-state index in [-0.39, 0.29) is 34.7 Å². The number of carboxylic acid groups (broad SMARTS) is 1. The summed E-state index contributed by atoms with van der Waals surface area (Å²) >= 11 is 0. The average molecular weight is 332 g/mol. The lowest BCUT2D eigenvalue weighted by atomic mass is 9.42. The maximum absolute atomic E-state index is 12.3. The van der Waals surface area contributed by atoms with Crippen LogP contribution in [0.1, 0.15) is 65.2 Å². The van der Waals surface area contributed by atoms with Gasteiger partial charge < -0.3 is 9.84 Å². The molecule has 0 radical (unpaired) electrons. The van der Waals surface area contributed by atoms with Gasteiger partial charge in [-0.1, -0.05) is 19.9 Å². The third-order valence-electron chi connectivity index (χ3n) is 8.20. The second-order valence-electron chi connectivity index (χ2n) is 9.18. The van der Waals surface area contributed by atoms with E-state index in [1.165, 1.54) is 0 Å². The summed E-state index contributed by atoms with van der Waals surface area (Å²) in [7, 11) is 0. The Balaban J connectivity index is 1.74. The first kappa shape index (κ1) is 16.2. The largest absolute Gasteiger partial charge is 0.481 e. The summed E-state index contributed by atoms with van der Waals surface area (Å²) in [5.74, 6) is -0.146. The first-order valence-corrected chi connectivity index (χ1v) is 9.38. The Bertz CT molecular complexity index is 625. The van der Waals surface area contributed by atoms with E-state index < -0.39 is 11.4 Å². The van der Waals surface area contributed by atoms with E-state index in [4.69, 9.17) is 4.74 Å². The van der Waals surface area contributed by atoms with Crippen LogP contribution in [0.2, 0.25) is 0 Å². The zero-order valence-corrected chi connectivity index (χ0v) is 14.8. The van der Waals surface area contributed by atoms with E-state index in [1.54, 1.807) is 0 Å². The number of carboxylic acids is 1. The molecular weight excluding hydrogens is 304 g/mol. The SMILES string of the molecule is C=C1C(=O)O[C@@]23CC[C@H]4[C@](C)(CCC[C@]4(C)C(=O)O)[C@@H]2CC[C@@H]1C3. The van der Waals surface area contributed by atoms with Crippen LogP contribution in [-0.4, -0.2) is 22.6 Å². The smallest absolute Gasteiger partial charge is 0.334 e. The minimum absolute atomic E-state index is 0.0481. The Kier molecular flexibility index (Phi) is 3.27. The van der Waals surface area contributed by atoms with Crippen LogP contribution in [0.25, 0.3) is 0 Å². The molecule has 6 atom stereocenters. The van der Waals surface area contributed by atoms with E-state index in [2.05, 4.69) is 13.5 Å². The molecule has 3 saturated carbocycles. The number of rotatable bonds is 1. The molecule has 1 aliphatic heterocycles. The standard InChI is InChI=1S/C20H28O4/c1-12-13-5-6-15-18(2)8-4-9-19(3,17(22)23)14(18)7-10-20(15,11-13)24-16(12)21/h13-15H,1,4-11H2,2-3H3,(H,22,23)/t13-,14+,15+,18+,19+,20-/m1/s1. The number of fused-ring (bicyclic) bond motifs is 3. The number of ether oxygens (including phenoxy) is 1. The van der Waals surface area contributed by atoms with Crippen LogP contribution < -0.4 is 0 Å². The molecule has 4 nitrogen and oxygen atoms in total. The Morgan fingerprint density at radius 1 is 1.17 bits per heavy atom. The lowest BCUT2D eigenvalue weighted by Gasteiger charge is -2.65. The molecule has 0 aromatic rings. The van der Waals surface area contributed by atoms with Crippen molar-refractivity contribution in [2.45, 2.75) is 70.8 Å². The highest BCUT2D eigenvalue weighted by Gasteiger charge is 2.66. The number of carbonyl (C=O) groups excluding carboxylic acids is 1. The van der Waals surface area contributed by atoms with Crippen molar-refractivity contribution in [2.24, 2.45) is 28.6 Å². The zero-order valence-electron chi connectivity index (χ0n) is 14.8. The third kappa shape index (κ3) is 1.86. The number of hydrogen-bond acceptors (Lipinski definition) is 3. The fourth-order valence-electron chi connectivity index (χ4n) is 7.00. The highest BCUT2D eigenvalue weighted by molar-refractivity contribution is 5.89. The Morgan fingerprint density at radius 3 is 2.62 bits per heavy atom. The van der Waals surface area contributed by atoms with Crippen LogP contribution in [-0.2, 0) is 14.3 Å². The van der Waals surface area contributed by atoms with Gasteiger partial charge in [-0.15, -0.1) is 0 Å². The predicted molar refractivity (Wildman–Crippen MR) is 89.2 cm³/mol. The van der Waals surface area contributed by atoms with Crippen LogP contribution >= 0.6 is 0 Å². The zero-order chi connectivity index (χ0) is 17.3. The summed E-state index contributed by atoms with van der Waals surface area (Å²) in [5, 5.41) is 9.90. The highest BCUT2D eigenvalue weighted by Crippen LogP contribution is 2.67. The summed E-state index contributed by atoms with van der Waals surface area (Å²) in [6.45, 7) is 8.16. The predicted octanol–water partition coefficient (Wildman–Crippen LogP) is 3.95. The molecule has 0 unspecified atom stereocenters. The molecule has 1 saturated heterocycles. The van der Waals surface area contributed by atoms with Crippen LogP contribution in [0.4, 0.5) is 0 Å². The van der Waals surface area contributed by atoms with Crippen molar-refractivity contribution in [3.63, 3.8) is 0 Å². The molecule has 132 valence electrons. The molecule has 4 fully saturated rings. The Hall–Kier alpha value is -1.32. The van der Waals surface area contributed by atoms with Crippen LogP contribution in [0.15, 0.2) is 12.2 Å². The van der Waals surface area contributed by atoms with Gasteiger partial charge in [0.05, 0.1) is 5.41 Å². The van der Waals surface area contributed by atoms with Crippen molar-refractivity contribution in [1.82, 2.24) is 0 Å². The van der Waals surface area contributed by atoms with Crippen molar-refractivity contribution in [2.75, 3.05) is 0 Å². The van der Waals surface area contributed by atoms with E-state index in [1.807, 2.05) is 6.92 Å². The number of carbonyl (C=O) groups is 2. The van der Waals surface area contributed by atoms with Crippen LogP contribution in [0.3, 0.4) is 0 Å². The molecule has 4 rings (SSSR count). The molecule has 1 N–H and O–H groups in total. The van der Waals surface area contributed by atoms with Gasteiger partial charge in [0.2, 0.25) is 0 Å². The maximum Gasteiger partial charge on any atom is 0.334 e. The van der Waals surface area contributed by atoms with Crippen molar-refractivity contribution in [3.05, 3.63) is 12.2 Å². The summed E-state index contributed by atoms with van der Waals surface area (Å²) in [6.07, 6.45) is 7.35. The molecule has 1 spiro atoms. The van der Waals surface area contributed by atoms with Crippen molar-refractivity contribution in [1.29, 1.82) is 0 Å². The fraction of sp³-hybridized carbons (Fsp3) is 0.800. The second-order valence-corrected chi connectivity index (χ2v) is 9.18. The van der Waals surface area contributed by atoms with Gasteiger partial charge in [0.25, 0.3) is 0 Å². The molecule has 1 heterocycles. The number of esters is 1. The van der Waals surface area contributed by atoms with Gasteiger partial charge in [0.15, 0.2) is 0 Å². The summed E-state index contributed by atoms with van der Waals surface area (Å²) < 4.78 is 6.02. The minimum Gasteiger partial charge on any atom is -0.481 e. The highest BCUT2D eigenvalue weighted by atomic mass is 16.6. The van der Waals surface area contributed by atoms with Crippen LogP contribution in [0.5, 0.6) is 0 Å². The fourth-order valence-corrected chi connectivity index (χ4v) is 7.00. The summed E-state index contributed by atoms with van der Waals surface area (Å²) in [5.41, 5.74) is -0.421. The van der Waals surface area contributed by atoms with Gasteiger partial charge in [-0.25, -0.2) is 4.79 Å². The normalized spacial score (nSPS) is 50.5.